The molecule has 3 heterocycles. The van der Waals surface area contributed by atoms with Crippen LogP contribution in [-0.2, 0) is 15.1 Å². The summed E-state index contributed by atoms with van der Waals surface area (Å²) in [5.41, 5.74) is 2.02. The van der Waals surface area contributed by atoms with E-state index in [-0.39, 0.29) is 17.4 Å². The van der Waals surface area contributed by atoms with Crippen LogP contribution in [0, 0.1) is 12.8 Å². The van der Waals surface area contributed by atoms with Gasteiger partial charge in [0.2, 0.25) is 5.91 Å². The van der Waals surface area contributed by atoms with Crippen molar-refractivity contribution >= 4 is 11.4 Å². The van der Waals surface area contributed by atoms with Crippen molar-refractivity contribution in [1.82, 2.24) is 14.7 Å². The minimum Gasteiger partial charge on any atom is -0.381 e. The van der Waals surface area contributed by atoms with Gasteiger partial charge in [0.25, 0.3) is 0 Å². The van der Waals surface area contributed by atoms with Gasteiger partial charge in [-0.3, -0.25) is 4.79 Å². The maximum absolute atomic E-state index is 12.7. The summed E-state index contributed by atoms with van der Waals surface area (Å²) in [6.45, 7) is 3.41. The zero-order valence-electron chi connectivity index (χ0n) is 13.5. The summed E-state index contributed by atoms with van der Waals surface area (Å²) in [5.74, 6) is 1.05. The first-order valence-electron chi connectivity index (χ1n) is 8.52. The molecule has 1 unspecified atom stereocenters. The Balaban J connectivity index is 1.58. The van der Waals surface area contributed by atoms with E-state index in [1.807, 2.05) is 18.5 Å². The smallest absolute Gasteiger partial charge is 0.226 e. The van der Waals surface area contributed by atoms with Gasteiger partial charge < -0.3 is 14.5 Å². The van der Waals surface area contributed by atoms with Crippen LogP contribution in [0.5, 0.6) is 0 Å². The fourth-order valence-corrected chi connectivity index (χ4v) is 3.49. The molecule has 1 N–H and O–H groups in total. The molecule has 4 rings (SSSR count). The highest BCUT2D eigenvalue weighted by molar-refractivity contribution is 5.80. The van der Waals surface area contributed by atoms with Crippen LogP contribution in [0.25, 0.3) is 5.52 Å². The molecule has 1 atom stereocenters. The fourth-order valence-electron chi connectivity index (χ4n) is 3.49. The standard InChI is InChI=1S/C18H23N3O2/c1-13-5-4-9-21-15(13)11-19-17(21)18(7-8-18)20-16(22)14-6-2-3-10-23-12-14/h4-5,9,11,14H,2-3,6-8,10,12H2,1H3,(H,20,22). The Morgan fingerprint density at radius 3 is 3.13 bits per heavy atom. The minimum absolute atomic E-state index is 0.0251. The van der Waals surface area contributed by atoms with Crippen molar-refractivity contribution in [2.75, 3.05) is 13.2 Å². The van der Waals surface area contributed by atoms with Crippen molar-refractivity contribution < 1.29 is 9.53 Å². The summed E-state index contributed by atoms with van der Waals surface area (Å²) in [6, 6.07) is 4.12. The van der Waals surface area contributed by atoms with Gasteiger partial charge in [-0.1, -0.05) is 12.5 Å². The molecule has 0 radical (unpaired) electrons. The van der Waals surface area contributed by atoms with Gasteiger partial charge in [-0.15, -0.1) is 0 Å². The molecule has 2 aromatic heterocycles. The Morgan fingerprint density at radius 2 is 2.30 bits per heavy atom. The fraction of sp³-hybridized carbons (Fsp3) is 0.556. The Morgan fingerprint density at radius 1 is 1.43 bits per heavy atom. The first-order valence-corrected chi connectivity index (χ1v) is 8.52. The Kier molecular flexibility index (Phi) is 3.60. The molecule has 0 bridgehead atoms. The third-order valence-electron chi connectivity index (χ3n) is 5.10. The highest BCUT2D eigenvalue weighted by Crippen LogP contribution is 2.45. The van der Waals surface area contributed by atoms with Crippen LogP contribution < -0.4 is 5.32 Å². The van der Waals surface area contributed by atoms with E-state index in [1.54, 1.807) is 0 Å². The molecule has 2 aliphatic rings. The summed E-state index contributed by atoms with van der Waals surface area (Å²) in [6.07, 6.45) is 8.90. The zero-order valence-corrected chi connectivity index (χ0v) is 13.5. The van der Waals surface area contributed by atoms with Crippen LogP contribution >= 0.6 is 0 Å². The topological polar surface area (TPSA) is 55.6 Å². The number of carbonyl (C=O) groups is 1. The van der Waals surface area contributed by atoms with Gasteiger partial charge in [0, 0.05) is 12.8 Å². The second kappa shape index (κ2) is 5.64. The van der Waals surface area contributed by atoms with E-state index < -0.39 is 0 Å². The summed E-state index contributed by atoms with van der Waals surface area (Å²) < 4.78 is 7.68. The molecule has 122 valence electrons. The van der Waals surface area contributed by atoms with Crippen LogP contribution in [0.4, 0.5) is 0 Å². The number of nitrogens with one attached hydrogen (secondary N) is 1. The zero-order chi connectivity index (χ0) is 15.9. The van der Waals surface area contributed by atoms with Crippen molar-refractivity contribution in [3.05, 3.63) is 35.9 Å². The Bertz CT molecular complexity index is 725. The van der Waals surface area contributed by atoms with Gasteiger partial charge in [0.1, 0.15) is 5.82 Å². The largest absolute Gasteiger partial charge is 0.381 e. The minimum atomic E-state index is -0.288. The lowest BCUT2D eigenvalue weighted by Crippen LogP contribution is -2.41. The summed E-state index contributed by atoms with van der Waals surface area (Å²) >= 11 is 0. The molecule has 5 heteroatoms. The molecule has 2 fully saturated rings. The van der Waals surface area contributed by atoms with E-state index in [4.69, 9.17) is 4.74 Å². The number of pyridine rings is 1. The number of ether oxygens (including phenoxy) is 1. The van der Waals surface area contributed by atoms with Crippen molar-refractivity contribution in [1.29, 1.82) is 0 Å². The van der Waals surface area contributed by atoms with Gasteiger partial charge in [-0.2, -0.15) is 0 Å². The maximum atomic E-state index is 12.7. The van der Waals surface area contributed by atoms with Crippen molar-refractivity contribution in [2.24, 2.45) is 5.92 Å². The molecule has 5 nitrogen and oxygen atoms in total. The average molecular weight is 313 g/mol. The average Bonchev–Trinajstić information content (AvgIpc) is 3.25. The predicted molar refractivity (Wildman–Crippen MR) is 87.1 cm³/mol. The lowest BCUT2D eigenvalue weighted by Gasteiger charge is -2.21. The number of hydrogen-bond donors (Lipinski definition) is 1. The molecule has 1 saturated carbocycles. The van der Waals surface area contributed by atoms with Gasteiger partial charge in [0.15, 0.2) is 0 Å². The van der Waals surface area contributed by atoms with E-state index >= 15 is 0 Å². The quantitative estimate of drug-likeness (QED) is 0.947. The van der Waals surface area contributed by atoms with Crippen molar-refractivity contribution in [3.8, 4) is 0 Å². The first-order chi connectivity index (χ1) is 11.2. The maximum Gasteiger partial charge on any atom is 0.226 e. The molecule has 2 aromatic rings. The lowest BCUT2D eigenvalue weighted by molar-refractivity contribution is -0.127. The number of fused-ring (bicyclic) bond motifs is 1. The van der Waals surface area contributed by atoms with Crippen LogP contribution in [0.15, 0.2) is 24.5 Å². The lowest BCUT2D eigenvalue weighted by atomic mass is 10.0. The third-order valence-corrected chi connectivity index (χ3v) is 5.10. The number of aromatic nitrogens is 2. The normalized spacial score (nSPS) is 23.4. The Hall–Kier alpha value is -1.88. The van der Waals surface area contributed by atoms with Crippen LogP contribution in [0.2, 0.25) is 0 Å². The molecule has 1 aliphatic heterocycles. The second-order valence-electron chi connectivity index (χ2n) is 6.87. The second-order valence-corrected chi connectivity index (χ2v) is 6.87. The summed E-state index contributed by atoms with van der Waals surface area (Å²) in [4.78, 5) is 17.3. The molecule has 23 heavy (non-hydrogen) atoms. The molecule has 1 aliphatic carbocycles. The van der Waals surface area contributed by atoms with Crippen LogP contribution in [-0.4, -0.2) is 28.5 Å². The summed E-state index contributed by atoms with van der Waals surface area (Å²) in [5, 5.41) is 3.28. The number of imidazole rings is 1. The number of rotatable bonds is 3. The number of carbonyl (C=O) groups excluding carboxylic acids is 1. The number of amides is 1. The highest BCUT2D eigenvalue weighted by atomic mass is 16.5. The van der Waals surface area contributed by atoms with Gasteiger partial charge >= 0.3 is 0 Å². The van der Waals surface area contributed by atoms with E-state index in [9.17, 15) is 4.79 Å². The van der Waals surface area contributed by atoms with Gasteiger partial charge in [-0.25, -0.2) is 4.98 Å². The van der Waals surface area contributed by atoms with Crippen molar-refractivity contribution in [3.63, 3.8) is 0 Å². The molecular weight excluding hydrogens is 290 g/mol. The summed E-state index contributed by atoms with van der Waals surface area (Å²) in [7, 11) is 0. The number of hydrogen-bond acceptors (Lipinski definition) is 3. The molecule has 0 aromatic carbocycles. The monoisotopic (exact) mass is 313 g/mol. The SMILES string of the molecule is Cc1cccn2c(C3(NC(=O)C4CCCCOC4)CC3)ncc12. The number of nitrogens with zero attached hydrogens (tertiary/aromatic N) is 2. The van der Waals surface area contributed by atoms with E-state index in [0.29, 0.717) is 6.61 Å². The molecular formula is C18H23N3O2. The highest BCUT2D eigenvalue weighted by Gasteiger charge is 2.49. The third kappa shape index (κ3) is 2.63. The molecule has 1 saturated heterocycles. The van der Waals surface area contributed by atoms with Crippen LogP contribution in [0.3, 0.4) is 0 Å². The first kappa shape index (κ1) is 14.7. The Labute approximate surface area is 136 Å². The number of aryl methyl sites for hydroxylation is 1. The molecule has 1 amide bonds. The van der Waals surface area contributed by atoms with Gasteiger partial charge in [-0.05, 0) is 44.2 Å². The van der Waals surface area contributed by atoms with E-state index in [2.05, 4.69) is 27.7 Å². The van der Waals surface area contributed by atoms with E-state index in [1.165, 1.54) is 5.56 Å². The van der Waals surface area contributed by atoms with E-state index in [0.717, 1.165) is 50.1 Å². The van der Waals surface area contributed by atoms with Gasteiger partial charge in [0.05, 0.1) is 29.8 Å². The predicted octanol–water partition coefficient (Wildman–Crippen LogP) is 2.56. The van der Waals surface area contributed by atoms with Crippen molar-refractivity contribution in [2.45, 2.75) is 44.6 Å². The van der Waals surface area contributed by atoms with Crippen LogP contribution in [0.1, 0.15) is 43.5 Å². The molecule has 0 spiro atoms.